The third kappa shape index (κ3) is 3.74. The van der Waals surface area contributed by atoms with Crippen molar-refractivity contribution in [2.45, 2.75) is 53.5 Å². The van der Waals surface area contributed by atoms with Gasteiger partial charge in [0.2, 0.25) is 5.91 Å². The van der Waals surface area contributed by atoms with Gasteiger partial charge in [-0.1, -0.05) is 30.3 Å². The highest BCUT2D eigenvalue weighted by Crippen LogP contribution is 2.34. The molecule has 4 aromatic rings. The Kier molecular flexibility index (Phi) is 5.32. The van der Waals surface area contributed by atoms with E-state index in [9.17, 15) is 4.79 Å². The summed E-state index contributed by atoms with van der Waals surface area (Å²) in [6.07, 6.45) is 0.488. The maximum atomic E-state index is 13.0. The van der Waals surface area contributed by atoms with Crippen molar-refractivity contribution < 1.29 is 4.79 Å². The summed E-state index contributed by atoms with van der Waals surface area (Å²) < 4.78 is 2.35. The van der Waals surface area contributed by atoms with Gasteiger partial charge in [0.1, 0.15) is 5.82 Å². The van der Waals surface area contributed by atoms with Crippen molar-refractivity contribution in [2.75, 3.05) is 11.4 Å². The Balaban J connectivity index is 1.58. The Labute approximate surface area is 195 Å². The summed E-state index contributed by atoms with van der Waals surface area (Å²) in [7, 11) is 0. The molecule has 1 atom stereocenters. The summed E-state index contributed by atoms with van der Waals surface area (Å²) in [5.74, 6) is 1.25. The summed E-state index contributed by atoms with van der Waals surface area (Å²) in [6, 6.07) is 18.8. The van der Waals surface area contributed by atoms with Crippen molar-refractivity contribution in [1.82, 2.24) is 9.55 Å². The van der Waals surface area contributed by atoms with Gasteiger partial charge in [0.05, 0.1) is 11.0 Å². The zero-order valence-electron chi connectivity index (χ0n) is 20.1. The second kappa shape index (κ2) is 8.18. The lowest BCUT2D eigenvalue weighted by Crippen LogP contribution is -2.24. The van der Waals surface area contributed by atoms with Crippen LogP contribution in [-0.2, 0) is 11.3 Å². The predicted octanol–water partition coefficient (Wildman–Crippen LogP) is 6.15. The average Bonchev–Trinajstić information content (AvgIpc) is 3.36. The molecule has 3 aromatic carbocycles. The first-order valence-corrected chi connectivity index (χ1v) is 11.7. The van der Waals surface area contributed by atoms with E-state index in [0.717, 1.165) is 34.7 Å². The number of rotatable bonds is 4. The summed E-state index contributed by atoms with van der Waals surface area (Å²) in [5, 5.41) is 0. The summed E-state index contributed by atoms with van der Waals surface area (Å²) in [6.45, 7) is 12.3. The molecule has 4 nitrogen and oxygen atoms in total. The van der Waals surface area contributed by atoms with Crippen molar-refractivity contribution in [3.05, 3.63) is 93.8 Å². The molecule has 0 radical (unpaired) electrons. The SMILES string of the molecule is Cc1cccc(N2C[C@@H](c3nc4ccccc4n3Cc3c(C)c(C)cc(C)c3C)CC2=O)c1. The molecule has 2 heterocycles. The van der Waals surface area contributed by atoms with Gasteiger partial charge in [0.25, 0.3) is 0 Å². The Bertz CT molecular complexity index is 1360. The molecule has 1 aliphatic heterocycles. The second-order valence-electron chi connectivity index (χ2n) is 9.53. The molecule has 0 unspecified atom stereocenters. The minimum Gasteiger partial charge on any atom is -0.323 e. The van der Waals surface area contributed by atoms with Gasteiger partial charge in [-0.2, -0.15) is 0 Å². The van der Waals surface area contributed by atoms with Crippen LogP contribution in [0.1, 0.15) is 51.5 Å². The highest BCUT2D eigenvalue weighted by molar-refractivity contribution is 5.96. The van der Waals surface area contributed by atoms with Crippen LogP contribution in [0.15, 0.2) is 54.6 Å². The number of anilines is 1. The monoisotopic (exact) mass is 437 g/mol. The molecule has 1 saturated heterocycles. The summed E-state index contributed by atoms with van der Waals surface area (Å²) in [4.78, 5) is 20.0. The van der Waals surface area contributed by atoms with Gasteiger partial charge in [-0.05, 0) is 92.3 Å². The molecule has 1 aromatic heterocycles. The molecule has 0 spiro atoms. The van der Waals surface area contributed by atoms with Crippen molar-refractivity contribution in [2.24, 2.45) is 0 Å². The number of aryl methyl sites for hydroxylation is 3. The number of amides is 1. The van der Waals surface area contributed by atoms with Crippen LogP contribution in [0.2, 0.25) is 0 Å². The lowest BCUT2D eigenvalue weighted by Gasteiger charge is -2.20. The zero-order chi connectivity index (χ0) is 23.3. The van der Waals surface area contributed by atoms with E-state index in [2.05, 4.69) is 75.6 Å². The van der Waals surface area contributed by atoms with Gasteiger partial charge >= 0.3 is 0 Å². The molecule has 1 aliphatic rings. The van der Waals surface area contributed by atoms with Crippen LogP contribution in [0.4, 0.5) is 5.69 Å². The molecule has 0 N–H and O–H groups in total. The minimum atomic E-state index is 0.0666. The van der Waals surface area contributed by atoms with Gasteiger partial charge in [-0.3, -0.25) is 4.79 Å². The molecule has 5 rings (SSSR count). The van der Waals surface area contributed by atoms with Gasteiger partial charge in [-0.15, -0.1) is 0 Å². The molecular weight excluding hydrogens is 406 g/mol. The van der Waals surface area contributed by atoms with Crippen LogP contribution in [0.5, 0.6) is 0 Å². The van der Waals surface area contributed by atoms with E-state index in [0.29, 0.717) is 13.0 Å². The first-order chi connectivity index (χ1) is 15.8. The summed E-state index contributed by atoms with van der Waals surface area (Å²) >= 11 is 0. The number of hydrogen-bond acceptors (Lipinski definition) is 2. The van der Waals surface area contributed by atoms with Crippen LogP contribution in [0.3, 0.4) is 0 Å². The number of hydrogen-bond donors (Lipinski definition) is 0. The highest BCUT2D eigenvalue weighted by atomic mass is 16.2. The van der Waals surface area contributed by atoms with Crippen molar-refractivity contribution >= 4 is 22.6 Å². The quantitative estimate of drug-likeness (QED) is 0.384. The average molecular weight is 438 g/mol. The topological polar surface area (TPSA) is 38.1 Å². The lowest BCUT2D eigenvalue weighted by molar-refractivity contribution is -0.117. The predicted molar refractivity (Wildman–Crippen MR) is 135 cm³/mol. The van der Waals surface area contributed by atoms with E-state index >= 15 is 0 Å². The van der Waals surface area contributed by atoms with E-state index in [4.69, 9.17) is 4.98 Å². The molecule has 0 saturated carbocycles. The van der Waals surface area contributed by atoms with E-state index in [1.165, 1.54) is 27.8 Å². The van der Waals surface area contributed by atoms with Gasteiger partial charge in [0.15, 0.2) is 0 Å². The van der Waals surface area contributed by atoms with E-state index in [1.807, 2.05) is 23.1 Å². The summed E-state index contributed by atoms with van der Waals surface area (Å²) in [5.41, 5.74) is 10.9. The minimum absolute atomic E-state index is 0.0666. The standard InChI is InChI=1S/C29H31N3O/c1-18-9-8-10-24(13-18)31-16-23(15-28(31)33)29-30-26-11-6-7-12-27(26)32(29)17-25-21(4)19(2)14-20(3)22(25)5/h6-14,23H,15-17H2,1-5H3/t23-/m0/s1. The number of imidazole rings is 1. The fraction of sp³-hybridized carbons (Fsp3) is 0.310. The van der Waals surface area contributed by atoms with Crippen LogP contribution in [0, 0.1) is 34.6 Å². The van der Waals surface area contributed by atoms with Crippen LogP contribution >= 0.6 is 0 Å². The van der Waals surface area contributed by atoms with Crippen molar-refractivity contribution in [1.29, 1.82) is 0 Å². The maximum absolute atomic E-state index is 13.0. The van der Waals surface area contributed by atoms with Crippen molar-refractivity contribution in [3.63, 3.8) is 0 Å². The highest BCUT2D eigenvalue weighted by Gasteiger charge is 2.35. The number of benzene rings is 3. The third-order valence-corrected chi connectivity index (χ3v) is 7.33. The Morgan fingerprint density at radius 3 is 2.36 bits per heavy atom. The van der Waals surface area contributed by atoms with Crippen LogP contribution in [0.25, 0.3) is 11.0 Å². The zero-order valence-corrected chi connectivity index (χ0v) is 20.1. The van der Waals surface area contributed by atoms with Crippen LogP contribution < -0.4 is 4.90 Å². The molecule has 0 aliphatic carbocycles. The van der Waals surface area contributed by atoms with Crippen molar-refractivity contribution in [3.8, 4) is 0 Å². The van der Waals surface area contributed by atoms with Crippen LogP contribution in [-0.4, -0.2) is 22.0 Å². The molecule has 168 valence electrons. The molecular formula is C29H31N3O. The Morgan fingerprint density at radius 1 is 0.909 bits per heavy atom. The molecule has 4 heteroatoms. The van der Waals surface area contributed by atoms with Gasteiger partial charge in [-0.25, -0.2) is 4.98 Å². The largest absolute Gasteiger partial charge is 0.323 e. The number of fused-ring (bicyclic) bond motifs is 1. The lowest BCUT2D eigenvalue weighted by atomic mass is 9.94. The number of carbonyl (C=O) groups excluding carboxylic acids is 1. The first kappa shape index (κ1) is 21.4. The Hall–Kier alpha value is -3.40. The first-order valence-electron chi connectivity index (χ1n) is 11.7. The number of carbonyl (C=O) groups is 1. The number of para-hydroxylation sites is 2. The molecule has 33 heavy (non-hydrogen) atoms. The van der Waals surface area contributed by atoms with Gasteiger partial charge in [0, 0.05) is 31.1 Å². The molecule has 1 fully saturated rings. The number of nitrogens with zero attached hydrogens (tertiary/aromatic N) is 3. The Morgan fingerprint density at radius 2 is 1.64 bits per heavy atom. The van der Waals surface area contributed by atoms with E-state index in [-0.39, 0.29) is 11.8 Å². The van der Waals surface area contributed by atoms with E-state index in [1.54, 1.807) is 0 Å². The van der Waals surface area contributed by atoms with Gasteiger partial charge < -0.3 is 9.47 Å². The molecule has 1 amide bonds. The molecule has 0 bridgehead atoms. The van der Waals surface area contributed by atoms with E-state index < -0.39 is 0 Å². The maximum Gasteiger partial charge on any atom is 0.227 e. The fourth-order valence-corrected chi connectivity index (χ4v) is 5.19. The normalized spacial score (nSPS) is 16.2. The number of aromatic nitrogens is 2. The third-order valence-electron chi connectivity index (χ3n) is 7.33. The second-order valence-corrected chi connectivity index (χ2v) is 9.53. The fourth-order valence-electron chi connectivity index (χ4n) is 5.19. The smallest absolute Gasteiger partial charge is 0.227 e.